The van der Waals surface area contributed by atoms with Gasteiger partial charge in [-0.3, -0.25) is 4.79 Å². The largest absolute Gasteiger partial charge is 0.495 e. The summed E-state index contributed by atoms with van der Waals surface area (Å²) in [6.45, 7) is 3.75. The first-order valence-electron chi connectivity index (χ1n) is 10.8. The highest BCUT2D eigenvalue weighted by Crippen LogP contribution is 2.33. The minimum atomic E-state index is -0.580. The average molecular weight is 459 g/mol. The van der Waals surface area contributed by atoms with Crippen LogP contribution in [0.4, 0.5) is 28.8 Å². The molecule has 10 nitrogen and oxygen atoms in total. The number of hydrogen-bond acceptors (Lipinski definition) is 9. The predicted octanol–water partition coefficient (Wildman–Crippen LogP) is 2.69. The number of nitriles is 1. The van der Waals surface area contributed by atoms with Crippen LogP contribution in [0, 0.1) is 11.3 Å². The molecule has 34 heavy (non-hydrogen) atoms. The maximum absolute atomic E-state index is 11.8. The Morgan fingerprint density at radius 2 is 1.91 bits per heavy atom. The minimum Gasteiger partial charge on any atom is -0.495 e. The molecule has 1 aliphatic rings. The molecule has 0 atom stereocenters. The van der Waals surface area contributed by atoms with Gasteiger partial charge in [0, 0.05) is 31.9 Å². The fraction of sp³-hybridized carbons (Fsp3) is 0.250. The van der Waals surface area contributed by atoms with Crippen LogP contribution in [0.25, 0.3) is 0 Å². The van der Waals surface area contributed by atoms with Crippen molar-refractivity contribution in [3.8, 4) is 11.8 Å². The predicted molar refractivity (Wildman–Crippen MR) is 131 cm³/mol. The van der Waals surface area contributed by atoms with E-state index in [0.717, 1.165) is 43.3 Å². The summed E-state index contributed by atoms with van der Waals surface area (Å²) in [6, 6.07) is 14.6. The maximum Gasteiger partial charge on any atom is 0.250 e. The van der Waals surface area contributed by atoms with Crippen molar-refractivity contribution in [2.45, 2.75) is 0 Å². The molecule has 0 unspecified atom stereocenters. The number of para-hydroxylation sites is 1. The summed E-state index contributed by atoms with van der Waals surface area (Å²) in [7, 11) is 3.77. The van der Waals surface area contributed by atoms with Crippen molar-refractivity contribution in [3.05, 3.63) is 59.8 Å². The number of rotatable bonds is 7. The number of primary amides is 1. The Morgan fingerprint density at radius 1 is 1.15 bits per heavy atom. The second-order valence-electron chi connectivity index (χ2n) is 7.90. The molecule has 0 aliphatic carbocycles. The Morgan fingerprint density at radius 3 is 2.62 bits per heavy atom. The van der Waals surface area contributed by atoms with Gasteiger partial charge >= 0.3 is 0 Å². The first-order chi connectivity index (χ1) is 16.5. The molecule has 2 aromatic carbocycles. The summed E-state index contributed by atoms with van der Waals surface area (Å²) < 4.78 is 5.58. The van der Waals surface area contributed by atoms with E-state index in [1.54, 1.807) is 31.4 Å². The molecule has 2 heterocycles. The lowest BCUT2D eigenvalue weighted by Gasteiger charge is -2.34. The first kappa shape index (κ1) is 22.8. The van der Waals surface area contributed by atoms with E-state index in [9.17, 15) is 10.1 Å². The van der Waals surface area contributed by atoms with E-state index in [1.807, 2.05) is 18.2 Å². The molecule has 0 bridgehead atoms. The third-order valence-corrected chi connectivity index (χ3v) is 5.63. The smallest absolute Gasteiger partial charge is 0.250 e. The van der Waals surface area contributed by atoms with Crippen LogP contribution in [0.3, 0.4) is 0 Å². The molecule has 1 aliphatic heterocycles. The molecule has 3 aromatic rings. The number of methoxy groups -OCH3 is 1. The summed E-state index contributed by atoms with van der Waals surface area (Å²) in [6.07, 6.45) is 1.43. The van der Waals surface area contributed by atoms with Gasteiger partial charge in [-0.1, -0.05) is 12.1 Å². The number of carbonyl (C=O) groups is 1. The molecule has 10 heteroatoms. The van der Waals surface area contributed by atoms with Crippen LogP contribution in [0.5, 0.6) is 5.75 Å². The van der Waals surface area contributed by atoms with Crippen LogP contribution in [-0.4, -0.2) is 61.1 Å². The molecule has 174 valence electrons. The number of amides is 1. The molecule has 0 radical (unpaired) electrons. The van der Waals surface area contributed by atoms with E-state index in [2.05, 4.69) is 43.5 Å². The fourth-order valence-electron chi connectivity index (χ4n) is 3.75. The number of aromatic nitrogens is 2. The monoisotopic (exact) mass is 458 g/mol. The van der Waals surface area contributed by atoms with E-state index in [0.29, 0.717) is 17.2 Å². The lowest BCUT2D eigenvalue weighted by atomic mass is 10.1. The first-order valence-corrected chi connectivity index (χ1v) is 10.8. The molecule has 1 amide bonds. The van der Waals surface area contributed by atoms with E-state index in [4.69, 9.17) is 10.5 Å². The van der Waals surface area contributed by atoms with Crippen molar-refractivity contribution >= 4 is 34.7 Å². The Labute approximate surface area is 198 Å². The van der Waals surface area contributed by atoms with Gasteiger partial charge in [0.2, 0.25) is 5.95 Å². The van der Waals surface area contributed by atoms with Crippen LogP contribution < -0.4 is 26.0 Å². The standard InChI is InChI=1S/C24H26N8O2/c1-31-9-11-32(12-10-31)20-13-17(7-8-21(20)34-2)28-24-27-15-16(14-25)23(30-24)29-19-6-4-3-5-18(19)22(26)33/h3-8,13,15H,9-12H2,1-2H3,(H2,26,33)(H2,27,28,29,30). The lowest BCUT2D eigenvalue weighted by Crippen LogP contribution is -2.44. The zero-order valence-corrected chi connectivity index (χ0v) is 19.1. The second-order valence-corrected chi connectivity index (χ2v) is 7.90. The molecule has 0 spiro atoms. The summed E-state index contributed by atoms with van der Waals surface area (Å²) in [4.78, 5) is 25.1. The molecule has 4 rings (SSSR count). The van der Waals surface area contributed by atoms with E-state index < -0.39 is 5.91 Å². The average Bonchev–Trinajstić information content (AvgIpc) is 2.85. The van der Waals surface area contributed by atoms with Crippen molar-refractivity contribution in [1.82, 2.24) is 14.9 Å². The SMILES string of the molecule is COc1ccc(Nc2ncc(C#N)c(Nc3ccccc3C(N)=O)n2)cc1N1CCN(C)CC1. The fourth-order valence-corrected chi connectivity index (χ4v) is 3.75. The maximum atomic E-state index is 11.8. The van der Waals surface area contributed by atoms with E-state index in [1.165, 1.54) is 6.20 Å². The summed E-state index contributed by atoms with van der Waals surface area (Å²) in [5.74, 6) is 0.777. The van der Waals surface area contributed by atoms with Gasteiger partial charge in [-0.2, -0.15) is 10.2 Å². The summed E-state index contributed by atoms with van der Waals surface area (Å²) in [5.41, 5.74) is 8.23. The quantitative estimate of drug-likeness (QED) is 0.489. The Kier molecular flexibility index (Phi) is 6.75. The highest BCUT2D eigenvalue weighted by molar-refractivity contribution is 5.99. The number of nitrogens with two attached hydrogens (primary N) is 1. The van der Waals surface area contributed by atoms with Gasteiger partial charge in [-0.05, 0) is 37.4 Å². The molecule has 1 saturated heterocycles. The van der Waals surface area contributed by atoms with Crippen LogP contribution >= 0.6 is 0 Å². The van der Waals surface area contributed by atoms with Crippen molar-refractivity contribution in [2.24, 2.45) is 5.73 Å². The Bertz CT molecular complexity index is 1230. The number of likely N-dealkylation sites (N-methyl/N-ethyl adjacent to an activating group) is 1. The highest BCUT2D eigenvalue weighted by Gasteiger charge is 2.19. The number of ether oxygens (including phenoxy) is 1. The van der Waals surface area contributed by atoms with Crippen molar-refractivity contribution in [1.29, 1.82) is 5.26 Å². The van der Waals surface area contributed by atoms with Crippen LogP contribution in [0.15, 0.2) is 48.7 Å². The number of nitrogens with one attached hydrogen (secondary N) is 2. The van der Waals surface area contributed by atoms with Gasteiger partial charge in [0.15, 0.2) is 5.82 Å². The molecule has 1 fully saturated rings. The molecule has 0 saturated carbocycles. The van der Waals surface area contributed by atoms with Crippen molar-refractivity contribution < 1.29 is 9.53 Å². The van der Waals surface area contributed by atoms with Crippen molar-refractivity contribution in [2.75, 3.05) is 55.9 Å². The number of anilines is 5. The topological polar surface area (TPSA) is 132 Å². The van der Waals surface area contributed by atoms with Crippen LogP contribution in [0.1, 0.15) is 15.9 Å². The third-order valence-electron chi connectivity index (χ3n) is 5.63. The highest BCUT2D eigenvalue weighted by atomic mass is 16.5. The molecule has 1 aromatic heterocycles. The summed E-state index contributed by atoms with van der Waals surface area (Å²) >= 11 is 0. The number of benzene rings is 2. The third kappa shape index (κ3) is 5.00. The number of carbonyl (C=O) groups excluding carboxylic acids is 1. The van der Waals surface area contributed by atoms with E-state index >= 15 is 0 Å². The number of nitrogens with zero attached hydrogens (tertiary/aromatic N) is 5. The zero-order valence-electron chi connectivity index (χ0n) is 19.1. The molecule has 4 N–H and O–H groups in total. The zero-order chi connectivity index (χ0) is 24.1. The van der Waals surface area contributed by atoms with Gasteiger partial charge in [0.25, 0.3) is 5.91 Å². The van der Waals surface area contributed by atoms with Gasteiger partial charge in [-0.25, -0.2) is 4.98 Å². The normalized spacial score (nSPS) is 13.7. The Hall–Kier alpha value is -4.36. The van der Waals surface area contributed by atoms with E-state index in [-0.39, 0.29) is 11.4 Å². The Balaban J connectivity index is 1.61. The molecular formula is C24H26N8O2. The minimum absolute atomic E-state index is 0.234. The number of piperazine rings is 1. The van der Waals surface area contributed by atoms with Gasteiger partial charge in [-0.15, -0.1) is 0 Å². The van der Waals surface area contributed by atoms with Crippen molar-refractivity contribution in [3.63, 3.8) is 0 Å². The van der Waals surface area contributed by atoms with Crippen LogP contribution in [-0.2, 0) is 0 Å². The molecular weight excluding hydrogens is 432 g/mol. The second kappa shape index (κ2) is 10.1. The summed E-state index contributed by atoms with van der Waals surface area (Å²) in [5, 5.41) is 15.7. The lowest BCUT2D eigenvalue weighted by molar-refractivity contribution is 0.100. The number of hydrogen-bond donors (Lipinski definition) is 3. The van der Waals surface area contributed by atoms with Crippen LogP contribution in [0.2, 0.25) is 0 Å². The van der Waals surface area contributed by atoms with Gasteiger partial charge < -0.3 is 30.9 Å². The van der Waals surface area contributed by atoms with Gasteiger partial charge in [0.05, 0.1) is 30.2 Å². The van der Waals surface area contributed by atoms with Gasteiger partial charge in [0.1, 0.15) is 17.4 Å².